The summed E-state index contributed by atoms with van der Waals surface area (Å²) < 4.78 is 0. The first-order valence-corrected chi connectivity index (χ1v) is 7.60. The van der Waals surface area contributed by atoms with Crippen LogP contribution in [-0.4, -0.2) is 17.0 Å². The number of benzene rings is 1. The van der Waals surface area contributed by atoms with Crippen LogP contribution in [0.4, 0.5) is 0 Å². The molecule has 1 aromatic rings. The van der Waals surface area contributed by atoms with Gasteiger partial charge in [0.1, 0.15) is 0 Å². The average Bonchev–Trinajstić information content (AvgIpc) is 3.29. The van der Waals surface area contributed by atoms with Crippen LogP contribution in [0.15, 0.2) is 24.3 Å². The third-order valence-electron chi connectivity index (χ3n) is 4.31. The Morgan fingerprint density at radius 3 is 2.38 bits per heavy atom. The number of hydrogen-bond acceptors (Lipinski definition) is 2. The Labute approximate surface area is 129 Å². The molecule has 114 valence electrons. The van der Waals surface area contributed by atoms with Gasteiger partial charge in [-0.2, -0.15) is 0 Å². The number of carboxylic acids is 1. The van der Waals surface area contributed by atoms with Crippen molar-refractivity contribution in [2.75, 3.05) is 0 Å². The first-order valence-electron chi connectivity index (χ1n) is 7.22. The summed E-state index contributed by atoms with van der Waals surface area (Å²) in [5.41, 5.74) is -0.858. The molecule has 0 aliphatic heterocycles. The number of hydrogen-bond donors (Lipinski definition) is 2. The van der Waals surface area contributed by atoms with Crippen LogP contribution in [0.1, 0.15) is 38.7 Å². The van der Waals surface area contributed by atoms with Crippen LogP contribution in [-0.2, 0) is 15.1 Å². The van der Waals surface area contributed by atoms with Gasteiger partial charge in [0.25, 0.3) is 0 Å². The molecule has 2 unspecified atom stereocenters. The minimum Gasteiger partial charge on any atom is -0.479 e. The lowest BCUT2D eigenvalue weighted by Gasteiger charge is -2.31. The van der Waals surface area contributed by atoms with Crippen molar-refractivity contribution in [2.45, 2.75) is 38.6 Å². The molecule has 0 aromatic heterocycles. The van der Waals surface area contributed by atoms with E-state index in [1.165, 1.54) is 0 Å². The Morgan fingerprint density at radius 1 is 1.38 bits per heavy atom. The van der Waals surface area contributed by atoms with E-state index in [4.69, 9.17) is 11.6 Å². The number of carbonyl (C=O) groups excluding carboxylic acids is 1. The third kappa shape index (κ3) is 3.21. The van der Waals surface area contributed by atoms with Gasteiger partial charge in [-0.15, -0.1) is 0 Å². The first-order chi connectivity index (χ1) is 9.90. The summed E-state index contributed by atoms with van der Waals surface area (Å²) in [6.45, 7) is 3.61. The van der Waals surface area contributed by atoms with E-state index in [9.17, 15) is 14.7 Å². The van der Waals surface area contributed by atoms with Gasteiger partial charge in [-0.05, 0) is 42.9 Å². The molecule has 2 rings (SSSR count). The highest BCUT2D eigenvalue weighted by Crippen LogP contribution is 2.37. The van der Waals surface area contributed by atoms with Gasteiger partial charge in [-0.3, -0.25) is 4.79 Å². The van der Waals surface area contributed by atoms with Gasteiger partial charge >= 0.3 is 5.97 Å². The largest absolute Gasteiger partial charge is 0.479 e. The molecule has 0 spiro atoms. The molecule has 1 fully saturated rings. The molecule has 2 atom stereocenters. The van der Waals surface area contributed by atoms with E-state index in [2.05, 4.69) is 5.32 Å². The fourth-order valence-corrected chi connectivity index (χ4v) is 2.69. The third-order valence-corrected chi connectivity index (χ3v) is 4.56. The Kier molecular flexibility index (Phi) is 4.57. The maximum Gasteiger partial charge on any atom is 0.334 e. The lowest BCUT2D eigenvalue weighted by atomic mass is 9.86. The van der Waals surface area contributed by atoms with Gasteiger partial charge < -0.3 is 10.4 Å². The molecule has 1 aromatic carbocycles. The highest BCUT2D eigenvalue weighted by molar-refractivity contribution is 6.30. The van der Waals surface area contributed by atoms with Gasteiger partial charge in [0, 0.05) is 10.9 Å². The summed E-state index contributed by atoms with van der Waals surface area (Å²) in [7, 11) is 0. The van der Waals surface area contributed by atoms with E-state index in [-0.39, 0.29) is 18.2 Å². The smallest absolute Gasteiger partial charge is 0.334 e. The second-order valence-corrected chi connectivity index (χ2v) is 6.12. The molecular formula is C16H20ClNO3. The van der Waals surface area contributed by atoms with Gasteiger partial charge in [-0.1, -0.05) is 37.6 Å². The molecule has 1 aliphatic rings. The quantitative estimate of drug-likeness (QED) is 0.848. The van der Waals surface area contributed by atoms with Gasteiger partial charge in [0.15, 0.2) is 5.54 Å². The fourth-order valence-electron chi connectivity index (χ4n) is 2.56. The molecule has 2 N–H and O–H groups in total. The molecule has 5 heteroatoms. The van der Waals surface area contributed by atoms with Crippen molar-refractivity contribution in [2.24, 2.45) is 11.8 Å². The van der Waals surface area contributed by atoms with Crippen LogP contribution in [0.5, 0.6) is 0 Å². The maximum atomic E-state index is 12.3. The topological polar surface area (TPSA) is 66.4 Å². The standard InChI is InChI=1S/C16H20ClNO3/c1-3-16(15(20)21,12-6-8-13(17)9-7-12)18-14(19)10(2)11-4-5-11/h6-11H,3-5H2,1-2H3,(H,18,19)(H,20,21). The van der Waals surface area contributed by atoms with Gasteiger partial charge in [0.05, 0.1) is 0 Å². The minimum atomic E-state index is -1.40. The molecule has 1 saturated carbocycles. The predicted molar refractivity (Wildman–Crippen MR) is 81.1 cm³/mol. The monoisotopic (exact) mass is 309 g/mol. The van der Waals surface area contributed by atoms with E-state index in [1.807, 2.05) is 6.92 Å². The zero-order chi connectivity index (χ0) is 15.6. The zero-order valence-electron chi connectivity index (χ0n) is 12.2. The SMILES string of the molecule is CCC(NC(=O)C(C)C1CC1)(C(=O)O)c1ccc(Cl)cc1. The van der Waals surface area contributed by atoms with Crippen molar-refractivity contribution < 1.29 is 14.7 Å². The predicted octanol–water partition coefficient (Wildman–Crippen LogP) is 3.19. The molecule has 1 amide bonds. The number of aliphatic carboxylic acids is 1. The molecular weight excluding hydrogens is 290 g/mol. The van der Waals surface area contributed by atoms with Gasteiger partial charge in [0.2, 0.25) is 5.91 Å². The Bertz CT molecular complexity index is 539. The number of amides is 1. The van der Waals surface area contributed by atoms with E-state index >= 15 is 0 Å². The van der Waals surface area contributed by atoms with E-state index in [0.29, 0.717) is 16.5 Å². The molecule has 1 aliphatic carbocycles. The highest BCUT2D eigenvalue weighted by Gasteiger charge is 2.43. The molecule has 0 radical (unpaired) electrons. The Balaban J connectivity index is 2.30. The normalized spacial score (nSPS) is 18.6. The van der Waals surface area contributed by atoms with Crippen molar-refractivity contribution >= 4 is 23.5 Å². The average molecular weight is 310 g/mol. The first kappa shape index (κ1) is 15.8. The van der Waals surface area contributed by atoms with Crippen LogP contribution >= 0.6 is 11.6 Å². The summed E-state index contributed by atoms with van der Waals surface area (Å²) in [5.74, 6) is -1.01. The summed E-state index contributed by atoms with van der Waals surface area (Å²) >= 11 is 5.86. The van der Waals surface area contributed by atoms with Crippen molar-refractivity contribution in [3.8, 4) is 0 Å². The molecule has 0 saturated heterocycles. The molecule has 21 heavy (non-hydrogen) atoms. The molecule has 0 bridgehead atoms. The number of carboxylic acid groups (broad SMARTS) is 1. The van der Waals surface area contributed by atoms with Crippen molar-refractivity contribution in [3.63, 3.8) is 0 Å². The highest BCUT2D eigenvalue weighted by atomic mass is 35.5. The van der Waals surface area contributed by atoms with E-state index < -0.39 is 11.5 Å². The van der Waals surface area contributed by atoms with Crippen molar-refractivity contribution in [1.82, 2.24) is 5.32 Å². The second-order valence-electron chi connectivity index (χ2n) is 5.69. The number of halogens is 1. The lowest BCUT2D eigenvalue weighted by Crippen LogP contribution is -2.53. The lowest BCUT2D eigenvalue weighted by molar-refractivity contribution is -0.149. The van der Waals surface area contributed by atoms with Crippen LogP contribution in [0.3, 0.4) is 0 Å². The van der Waals surface area contributed by atoms with Crippen LogP contribution < -0.4 is 5.32 Å². The summed E-state index contributed by atoms with van der Waals surface area (Å²) in [6.07, 6.45) is 2.36. The van der Waals surface area contributed by atoms with E-state index in [0.717, 1.165) is 12.8 Å². The Hall–Kier alpha value is -1.55. The van der Waals surface area contributed by atoms with Crippen LogP contribution in [0, 0.1) is 11.8 Å². The minimum absolute atomic E-state index is 0.150. The summed E-state index contributed by atoms with van der Waals surface area (Å²) in [5, 5.41) is 13.0. The number of rotatable bonds is 6. The second kappa shape index (κ2) is 6.06. The molecule has 0 heterocycles. The van der Waals surface area contributed by atoms with E-state index in [1.54, 1.807) is 31.2 Å². The fraction of sp³-hybridized carbons (Fsp3) is 0.500. The summed E-state index contributed by atoms with van der Waals surface area (Å²) in [4.78, 5) is 24.2. The van der Waals surface area contributed by atoms with Gasteiger partial charge in [-0.25, -0.2) is 4.79 Å². The van der Waals surface area contributed by atoms with Crippen LogP contribution in [0.2, 0.25) is 5.02 Å². The van der Waals surface area contributed by atoms with Crippen LogP contribution in [0.25, 0.3) is 0 Å². The number of carbonyl (C=O) groups is 2. The summed E-state index contributed by atoms with van der Waals surface area (Å²) in [6, 6.07) is 6.59. The zero-order valence-corrected chi connectivity index (χ0v) is 13.0. The number of nitrogens with one attached hydrogen (secondary N) is 1. The van der Waals surface area contributed by atoms with Crippen molar-refractivity contribution in [1.29, 1.82) is 0 Å². The van der Waals surface area contributed by atoms with Crippen molar-refractivity contribution in [3.05, 3.63) is 34.9 Å². The Morgan fingerprint density at radius 2 is 1.95 bits per heavy atom. The maximum absolute atomic E-state index is 12.3. The molecule has 4 nitrogen and oxygen atoms in total.